The maximum atomic E-state index is 11.1. The van der Waals surface area contributed by atoms with E-state index >= 15 is 0 Å². The number of nitrogens with zero attached hydrogens (tertiary/aromatic N) is 2. The maximum Gasteiger partial charge on any atom is 0.335 e. The number of aromatic carboxylic acids is 1. The van der Waals surface area contributed by atoms with E-state index in [1.807, 2.05) is 43.3 Å². The molecule has 0 saturated carbocycles. The Kier molecular flexibility index (Phi) is 6.37. The Hall–Kier alpha value is -4.17. The van der Waals surface area contributed by atoms with Crippen molar-refractivity contribution in [3.05, 3.63) is 106 Å². The number of hydrogen-bond acceptors (Lipinski definition) is 6. The summed E-state index contributed by atoms with van der Waals surface area (Å²) in [6, 6.07) is 22.6. The van der Waals surface area contributed by atoms with E-state index in [1.165, 1.54) is 23.9 Å². The number of nitro benzene ring substituents is 1. The van der Waals surface area contributed by atoms with Gasteiger partial charge in [-0.25, -0.2) is 4.79 Å². The Morgan fingerprint density at radius 2 is 1.67 bits per heavy atom. The van der Waals surface area contributed by atoms with E-state index in [-0.39, 0.29) is 11.3 Å². The summed E-state index contributed by atoms with van der Waals surface area (Å²) in [6.45, 7) is 1.84. The molecule has 0 bridgehead atoms. The summed E-state index contributed by atoms with van der Waals surface area (Å²) < 4.78 is 5.85. The van der Waals surface area contributed by atoms with Crippen molar-refractivity contribution in [3.8, 4) is 11.3 Å². The number of nitro groups is 1. The Morgan fingerprint density at radius 3 is 2.27 bits per heavy atom. The number of aliphatic imine (C=N–C) groups is 1. The molecule has 0 saturated heterocycles. The van der Waals surface area contributed by atoms with Gasteiger partial charge in [0.05, 0.1) is 22.4 Å². The van der Waals surface area contributed by atoms with Gasteiger partial charge in [0.25, 0.3) is 5.69 Å². The van der Waals surface area contributed by atoms with Gasteiger partial charge in [-0.05, 0) is 73.2 Å². The molecule has 1 aromatic heterocycles. The lowest BCUT2D eigenvalue weighted by molar-refractivity contribution is -0.384. The van der Waals surface area contributed by atoms with Crippen LogP contribution in [-0.4, -0.2) is 22.2 Å². The van der Waals surface area contributed by atoms with Crippen LogP contribution in [0.2, 0.25) is 0 Å². The normalized spacial score (nSPS) is 11.1. The van der Waals surface area contributed by atoms with E-state index in [1.54, 1.807) is 36.5 Å². The van der Waals surface area contributed by atoms with Crippen molar-refractivity contribution < 1.29 is 19.2 Å². The molecular weight excluding hydrogens is 440 g/mol. The molecule has 0 amide bonds. The summed E-state index contributed by atoms with van der Waals surface area (Å²) in [7, 11) is 0. The van der Waals surface area contributed by atoms with Crippen LogP contribution in [-0.2, 0) is 0 Å². The summed E-state index contributed by atoms with van der Waals surface area (Å²) in [5.41, 5.74) is 2.70. The SMILES string of the molecule is Cc1cc(C(=O)O)ccc1-c1ccc(C=Nc2ccc(Sc3ccc([N+](=O)[O-])cc3)cc2)o1. The zero-order valence-electron chi connectivity index (χ0n) is 17.5. The predicted molar refractivity (Wildman–Crippen MR) is 127 cm³/mol. The average molecular weight is 458 g/mol. The number of carbonyl (C=O) groups is 1. The summed E-state index contributed by atoms with van der Waals surface area (Å²) in [6.07, 6.45) is 1.63. The molecule has 0 fully saturated rings. The van der Waals surface area contributed by atoms with Gasteiger partial charge in [-0.1, -0.05) is 17.8 Å². The number of hydrogen-bond donors (Lipinski definition) is 1. The lowest BCUT2D eigenvalue weighted by atomic mass is 10.0. The summed E-state index contributed by atoms with van der Waals surface area (Å²) in [5.74, 6) is 0.255. The average Bonchev–Trinajstić information content (AvgIpc) is 3.27. The number of benzene rings is 3. The highest BCUT2D eigenvalue weighted by Crippen LogP contribution is 2.30. The van der Waals surface area contributed by atoms with E-state index in [2.05, 4.69) is 4.99 Å². The molecule has 4 aromatic rings. The maximum absolute atomic E-state index is 11.1. The summed E-state index contributed by atoms with van der Waals surface area (Å²) >= 11 is 1.51. The minimum atomic E-state index is -0.964. The number of rotatable bonds is 7. The Morgan fingerprint density at radius 1 is 1.00 bits per heavy atom. The molecule has 0 spiro atoms. The van der Waals surface area contributed by atoms with Crippen molar-refractivity contribution in [2.75, 3.05) is 0 Å². The molecule has 33 heavy (non-hydrogen) atoms. The van der Waals surface area contributed by atoms with Crippen molar-refractivity contribution >= 4 is 35.3 Å². The van der Waals surface area contributed by atoms with E-state index in [4.69, 9.17) is 9.52 Å². The van der Waals surface area contributed by atoms with Crippen molar-refractivity contribution in [1.82, 2.24) is 0 Å². The first-order valence-electron chi connectivity index (χ1n) is 9.89. The predicted octanol–water partition coefficient (Wildman–Crippen LogP) is 6.76. The van der Waals surface area contributed by atoms with Crippen LogP contribution in [0.5, 0.6) is 0 Å². The first-order chi connectivity index (χ1) is 15.9. The topological polar surface area (TPSA) is 106 Å². The Bertz CT molecular complexity index is 1340. The van der Waals surface area contributed by atoms with Gasteiger partial charge in [0, 0.05) is 27.5 Å². The second-order valence-electron chi connectivity index (χ2n) is 7.14. The van der Waals surface area contributed by atoms with Crippen molar-refractivity contribution in [1.29, 1.82) is 0 Å². The molecule has 4 rings (SSSR count). The lowest BCUT2D eigenvalue weighted by Gasteiger charge is -2.04. The van der Waals surface area contributed by atoms with E-state index in [9.17, 15) is 14.9 Å². The zero-order chi connectivity index (χ0) is 23.4. The van der Waals surface area contributed by atoms with E-state index < -0.39 is 10.9 Å². The van der Waals surface area contributed by atoms with E-state index in [0.717, 1.165) is 26.6 Å². The number of carboxylic acid groups (broad SMARTS) is 1. The van der Waals surface area contributed by atoms with Gasteiger partial charge in [0.1, 0.15) is 11.5 Å². The van der Waals surface area contributed by atoms with Crippen molar-refractivity contribution in [2.24, 2.45) is 4.99 Å². The van der Waals surface area contributed by atoms with Gasteiger partial charge in [-0.3, -0.25) is 15.1 Å². The molecule has 3 aromatic carbocycles. The monoisotopic (exact) mass is 458 g/mol. The second-order valence-corrected chi connectivity index (χ2v) is 8.29. The first kappa shape index (κ1) is 22.0. The summed E-state index contributed by atoms with van der Waals surface area (Å²) in [5, 5.41) is 19.9. The lowest BCUT2D eigenvalue weighted by Crippen LogP contribution is -1.96. The molecule has 8 heteroatoms. The molecule has 0 atom stereocenters. The first-order valence-corrected chi connectivity index (χ1v) is 10.7. The molecule has 0 aliphatic rings. The van der Waals surface area contributed by atoms with Crippen LogP contribution in [0.3, 0.4) is 0 Å². The fourth-order valence-corrected chi connectivity index (χ4v) is 3.97. The number of aryl methyl sites for hydroxylation is 1. The van der Waals surface area contributed by atoms with E-state index in [0.29, 0.717) is 11.5 Å². The highest BCUT2D eigenvalue weighted by Gasteiger charge is 2.10. The number of furan rings is 1. The van der Waals surface area contributed by atoms with Crippen LogP contribution in [0.4, 0.5) is 11.4 Å². The van der Waals surface area contributed by atoms with Gasteiger partial charge in [0.2, 0.25) is 0 Å². The minimum absolute atomic E-state index is 0.0672. The molecule has 1 heterocycles. The van der Waals surface area contributed by atoms with Crippen molar-refractivity contribution in [3.63, 3.8) is 0 Å². The van der Waals surface area contributed by atoms with Gasteiger partial charge >= 0.3 is 5.97 Å². The fraction of sp³-hybridized carbons (Fsp3) is 0.0400. The van der Waals surface area contributed by atoms with Crippen LogP contribution >= 0.6 is 11.8 Å². The molecule has 1 N–H and O–H groups in total. The molecule has 164 valence electrons. The molecular formula is C25H18N2O5S. The standard InChI is InChI=1S/C25H18N2O5S/c1-16-14-17(25(28)29)2-12-23(16)24-13-7-20(32-24)15-26-18-3-8-21(9-4-18)33-22-10-5-19(6-11-22)27(30)31/h2-15H,1H3,(H,28,29). The third-order valence-electron chi connectivity index (χ3n) is 4.83. The van der Waals surface area contributed by atoms with Gasteiger partial charge in [-0.15, -0.1) is 0 Å². The molecule has 7 nitrogen and oxygen atoms in total. The highest BCUT2D eigenvalue weighted by molar-refractivity contribution is 7.99. The van der Waals surface area contributed by atoms with Gasteiger partial charge in [0.15, 0.2) is 0 Å². The van der Waals surface area contributed by atoms with Crippen LogP contribution in [0, 0.1) is 17.0 Å². The fourth-order valence-electron chi connectivity index (χ4n) is 3.15. The third kappa shape index (κ3) is 5.36. The highest BCUT2D eigenvalue weighted by atomic mass is 32.2. The summed E-state index contributed by atoms with van der Waals surface area (Å²) in [4.78, 5) is 27.8. The Balaban J connectivity index is 1.42. The zero-order valence-corrected chi connectivity index (χ0v) is 18.3. The van der Waals surface area contributed by atoms with Crippen LogP contribution in [0.1, 0.15) is 21.7 Å². The quantitative estimate of drug-likeness (QED) is 0.186. The van der Waals surface area contributed by atoms with Crippen LogP contribution in [0.15, 0.2) is 98.1 Å². The number of non-ortho nitro benzene ring substituents is 1. The Labute approximate surface area is 193 Å². The largest absolute Gasteiger partial charge is 0.478 e. The third-order valence-corrected chi connectivity index (χ3v) is 5.84. The van der Waals surface area contributed by atoms with Crippen molar-refractivity contribution in [2.45, 2.75) is 16.7 Å². The van der Waals surface area contributed by atoms with Gasteiger partial charge < -0.3 is 9.52 Å². The van der Waals surface area contributed by atoms with Crippen LogP contribution in [0.25, 0.3) is 11.3 Å². The molecule has 0 unspecified atom stereocenters. The number of carboxylic acids is 1. The minimum Gasteiger partial charge on any atom is -0.478 e. The second kappa shape index (κ2) is 9.54. The smallest absolute Gasteiger partial charge is 0.335 e. The van der Waals surface area contributed by atoms with Gasteiger partial charge in [-0.2, -0.15) is 0 Å². The van der Waals surface area contributed by atoms with Crippen LogP contribution < -0.4 is 0 Å². The molecule has 0 aliphatic carbocycles. The molecule has 0 radical (unpaired) electrons. The molecule has 0 aliphatic heterocycles.